The molecule has 5 atom stereocenters. The Balaban J connectivity index is 1.59. The Hall–Kier alpha value is -3.52. The number of phenolic OH excluding ortho intramolecular Hbond substituents is 1. The number of methoxy groups -OCH3 is 1. The molecule has 1 saturated heterocycles. The number of carbonyl (C=O) groups is 1. The maximum atomic E-state index is 12.2. The molecule has 2 aromatic rings. The Kier molecular flexibility index (Phi) is 6.56. The molecule has 0 spiro atoms. The quantitative estimate of drug-likeness (QED) is 0.544. The average molecular weight is 549 g/mol. The SMILES string of the molecule is COCOc1c(C)c(C)cc2c1[C@@H]1C3Cc4c(O)c(C)c5c(c4[C@H](CNC(C)=O)N3[C@@H](C#N)[C@H](C2)N1C)OCO5. The van der Waals surface area contributed by atoms with Gasteiger partial charge in [-0.1, -0.05) is 6.07 Å². The molecular formula is C30H36N4O6. The third-order valence-electron chi connectivity index (χ3n) is 9.30. The van der Waals surface area contributed by atoms with Crippen LogP contribution in [0.5, 0.6) is 23.0 Å². The predicted molar refractivity (Wildman–Crippen MR) is 146 cm³/mol. The van der Waals surface area contributed by atoms with Gasteiger partial charge in [-0.2, -0.15) is 5.26 Å². The van der Waals surface area contributed by atoms with Gasteiger partial charge in [0.2, 0.25) is 12.7 Å². The average Bonchev–Trinajstić information content (AvgIpc) is 3.41. The minimum atomic E-state index is -0.460. The third-order valence-corrected chi connectivity index (χ3v) is 9.30. The van der Waals surface area contributed by atoms with E-state index in [-0.39, 0.29) is 49.9 Å². The molecule has 2 N–H and O–H groups in total. The van der Waals surface area contributed by atoms with Crippen LogP contribution in [0.15, 0.2) is 6.07 Å². The van der Waals surface area contributed by atoms with Gasteiger partial charge in [0, 0.05) is 54.9 Å². The molecule has 4 aliphatic rings. The summed E-state index contributed by atoms with van der Waals surface area (Å²) in [6.45, 7) is 7.92. The molecule has 10 heteroatoms. The molecule has 1 amide bonds. The van der Waals surface area contributed by atoms with Crippen molar-refractivity contribution in [1.82, 2.24) is 15.1 Å². The first-order chi connectivity index (χ1) is 19.2. The van der Waals surface area contributed by atoms with E-state index in [0.717, 1.165) is 33.6 Å². The molecular weight excluding hydrogens is 512 g/mol. The zero-order chi connectivity index (χ0) is 28.5. The summed E-state index contributed by atoms with van der Waals surface area (Å²) in [5.74, 6) is 1.95. The Labute approximate surface area is 234 Å². The van der Waals surface area contributed by atoms with Crippen molar-refractivity contribution in [3.05, 3.63) is 45.0 Å². The number of nitriles is 1. The molecule has 10 nitrogen and oxygen atoms in total. The highest BCUT2D eigenvalue weighted by Gasteiger charge is 2.56. The lowest BCUT2D eigenvalue weighted by Gasteiger charge is -2.60. The number of aryl methyl sites for hydroxylation is 1. The monoisotopic (exact) mass is 548 g/mol. The van der Waals surface area contributed by atoms with Crippen molar-refractivity contribution in [3.63, 3.8) is 0 Å². The van der Waals surface area contributed by atoms with E-state index in [4.69, 9.17) is 18.9 Å². The maximum absolute atomic E-state index is 12.2. The fourth-order valence-electron chi connectivity index (χ4n) is 7.43. The number of likely N-dealkylation sites (N-methyl/N-ethyl adjacent to an activating group) is 1. The van der Waals surface area contributed by atoms with Gasteiger partial charge in [-0.25, -0.2) is 0 Å². The maximum Gasteiger partial charge on any atom is 0.231 e. The summed E-state index contributed by atoms with van der Waals surface area (Å²) in [7, 11) is 3.69. The van der Waals surface area contributed by atoms with Crippen molar-refractivity contribution in [2.45, 2.75) is 70.7 Å². The number of nitrogens with one attached hydrogen (secondary N) is 1. The number of benzene rings is 2. The first-order valence-electron chi connectivity index (χ1n) is 13.7. The topological polar surface area (TPSA) is 117 Å². The van der Waals surface area contributed by atoms with Crippen LogP contribution in [0.3, 0.4) is 0 Å². The molecule has 0 aromatic heterocycles. The van der Waals surface area contributed by atoms with E-state index in [0.29, 0.717) is 29.9 Å². The number of fused-ring (bicyclic) bond motifs is 9. The second kappa shape index (κ2) is 9.84. The van der Waals surface area contributed by atoms with Crippen LogP contribution in [-0.4, -0.2) is 73.2 Å². The smallest absolute Gasteiger partial charge is 0.231 e. The zero-order valence-corrected chi connectivity index (χ0v) is 23.8. The summed E-state index contributed by atoms with van der Waals surface area (Å²) >= 11 is 0. The van der Waals surface area contributed by atoms with Crippen LogP contribution in [0.2, 0.25) is 0 Å². The van der Waals surface area contributed by atoms with E-state index in [1.54, 1.807) is 7.11 Å². The molecule has 4 aliphatic heterocycles. The molecule has 40 heavy (non-hydrogen) atoms. The molecule has 2 aromatic carbocycles. The van der Waals surface area contributed by atoms with Gasteiger partial charge in [0.05, 0.1) is 18.2 Å². The van der Waals surface area contributed by atoms with Gasteiger partial charge in [0.25, 0.3) is 0 Å². The Bertz CT molecular complexity index is 1430. The van der Waals surface area contributed by atoms with Crippen LogP contribution in [0.25, 0.3) is 0 Å². The summed E-state index contributed by atoms with van der Waals surface area (Å²) in [4.78, 5) is 16.7. The van der Waals surface area contributed by atoms with Gasteiger partial charge in [-0.3, -0.25) is 14.6 Å². The van der Waals surface area contributed by atoms with Crippen LogP contribution in [0.1, 0.15) is 58.0 Å². The number of piperazine rings is 1. The largest absolute Gasteiger partial charge is 0.507 e. The number of hydrogen-bond donors (Lipinski definition) is 2. The van der Waals surface area contributed by atoms with Crippen molar-refractivity contribution in [1.29, 1.82) is 5.26 Å². The van der Waals surface area contributed by atoms with Crippen molar-refractivity contribution in [2.75, 3.05) is 34.3 Å². The Morgan fingerprint density at radius 3 is 2.62 bits per heavy atom. The molecule has 4 heterocycles. The lowest BCUT2D eigenvalue weighted by atomic mass is 9.71. The molecule has 1 unspecified atom stereocenters. The number of phenols is 1. The van der Waals surface area contributed by atoms with Crippen molar-refractivity contribution >= 4 is 5.91 Å². The number of ether oxygens (including phenoxy) is 4. The van der Waals surface area contributed by atoms with Crippen LogP contribution in [0, 0.1) is 32.1 Å². The Morgan fingerprint density at radius 1 is 1.18 bits per heavy atom. The van der Waals surface area contributed by atoms with E-state index in [9.17, 15) is 15.2 Å². The van der Waals surface area contributed by atoms with E-state index in [1.165, 1.54) is 12.5 Å². The van der Waals surface area contributed by atoms with E-state index in [1.807, 2.05) is 6.92 Å². The second-order valence-electron chi connectivity index (χ2n) is 11.3. The molecule has 212 valence electrons. The number of rotatable bonds is 5. The van der Waals surface area contributed by atoms with Gasteiger partial charge in [0.1, 0.15) is 17.5 Å². The number of amides is 1. The lowest BCUT2D eigenvalue weighted by molar-refractivity contribution is -0.120. The molecule has 0 radical (unpaired) electrons. The van der Waals surface area contributed by atoms with Crippen LogP contribution < -0.4 is 19.5 Å². The van der Waals surface area contributed by atoms with Gasteiger partial charge in [-0.05, 0) is 57.4 Å². The minimum absolute atomic E-state index is 0.0597. The molecule has 2 bridgehead atoms. The van der Waals surface area contributed by atoms with Gasteiger partial charge in [0.15, 0.2) is 18.3 Å². The highest BCUT2D eigenvalue weighted by Crippen LogP contribution is 2.57. The third kappa shape index (κ3) is 3.75. The minimum Gasteiger partial charge on any atom is -0.507 e. The van der Waals surface area contributed by atoms with Gasteiger partial charge >= 0.3 is 0 Å². The van der Waals surface area contributed by atoms with E-state index in [2.05, 4.69) is 48.1 Å². The van der Waals surface area contributed by atoms with E-state index < -0.39 is 12.1 Å². The summed E-state index contributed by atoms with van der Waals surface area (Å²) < 4.78 is 23.3. The van der Waals surface area contributed by atoms with E-state index >= 15 is 0 Å². The summed E-state index contributed by atoms with van der Waals surface area (Å²) in [6, 6.07) is 3.60. The summed E-state index contributed by atoms with van der Waals surface area (Å²) in [6.07, 6.45) is 1.18. The molecule has 1 fully saturated rings. The zero-order valence-electron chi connectivity index (χ0n) is 23.8. The lowest BCUT2D eigenvalue weighted by Crippen LogP contribution is -2.68. The fraction of sp³-hybridized carbons (Fsp3) is 0.533. The second-order valence-corrected chi connectivity index (χ2v) is 11.3. The Morgan fingerprint density at radius 2 is 1.93 bits per heavy atom. The predicted octanol–water partition coefficient (Wildman–Crippen LogP) is 2.94. The normalized spacial score (nSPS) is 26.4. The van der Waals surface area contributed by atoms with Crippen LogP contribution >= 0.6 is 0 Å². The molecule has 6 rings (SSSR count). The van der Waals surface area contributed by atoms with Gasteiger partial charge < -0.3 is 29.4 Å². The highest BCUT2D eigenvalue weighted by molar-refractivity contribution is 5.73. The number of aromatic hydroxyl groups is 1. The van der Waals surface area contributed by atoms with Crippen molar-refractivity contribution in [3.8, 4) is 29.1 Å². The molecule has 0 saturated carbocycles. The standard InChI is InChI=1S/C30H36N4O6/c1-14-7-18-8-20-22(10-31)34-21(26(33(20)5)24(18)28(15(14)2)38-12-37-6)9-19-25(23(34)11-32-17(4)35)30-29(39-13-40-30)16(3)27(19)36/h7,20-23,26,36H,8-9,11-13H2,1-6H3,(H,32,35)/t20-,21?,22-,23-,26-/m0/s1. The molecule has 0 aliphatic carbocycles. The number of hydrogen-bond acceptors (Lipinski definition) is 9. The summed E-state index contributed by atoms with van der Waals surface area (Å²) in [5, 5.41) is 25.1. The van der Waals surface area contributed by atoms with Crippen LogP contribution in [0.4, 0.5) is 0 Å². The highest BCUT2D eigenvalue weighted by atomic mass is 16.7. The first kappa shape index (κ1) is 26.7. The number of nitrogens with zero attached hydrogens (tertiary/aromatic N) is 3. The van der Waals surface area contributed by atoms with Crippen LogP contribution in [-0.2, 0) is 22.4 Å². The van der Waals surface area contributed by atoms with Crippen molar-refractivity contribution < 1.29 is 28.8 Å². The summed E-state index contributed by atoms with van der Waals surface area (Å²) in [5.41, 5.74) is 6.68. The number of carbonyl (C=O) groups excluding carboxylic acids is 1. The van der Waals surface area contributed by atoms with Crippen molar-refractivity contribution in [2.24, 2.45) is 0 Å². The van der Waals surface area contributed by atoms with Gasteiger partial charge in [-0.15, -0.1) is 0 Å². The first-order valence-corrected chi connectivity index (χ1v) is 13.7. The fourth-order valence-corrected chi connectivity index (χ4v) is 7.43.